The van der Waals surface area contributed by atoms with Crippen LogP contribution >= 0.6 is 11.6 Å². The molecule has 0 fully saturated rings. The minimum absolute atomic E-state index is 0.0853. The Morgan fingerprint density at radius 1 is 0.822 bits per heavy atom. The van der Waals surface area contributed by atoms with Crippen molar-refractivity contribution in [1.29, 1.82) is 0 Å². The van der Waals surface area contributed by atoms with Crippen molar-refractivity contribution in [2.75, 3.05) is 11.9 Å². The fourth-order valence-corrected chi connectivity index (χ4v) is 7.13. The molecule has 0 saturated carbocycles. The zero-order valence-electron chi connectivity index (χ0n) is 26.3. The van der Waals surface area contributed by atoms with Gasteiger partial charge in [0.2, 0.25) is 0 Å². The van der Waals surface area contributed by atoms with Crippen molar-refractivity contribution in [2.24, 2.45) is 10.8 Å². The lowest BCUT2D eigenvalue weighted by Crippen LogP contribution is -2.44. The number of nitrogens with zero attached hydrogens (tertiary/aromatic N) is 1. The molecule has 0 bridgehead atoms. The van der Waals surface area contributed by atoms with E-state index in [2.05, 4.69) is 50.0 Å². The molecule has 0 saturated heterocycles. The normalized spacial score (nSPS) is 19.3. The van der Waals surface area contributed by atoms with Crippen LogP contribution in [-0.4, -0.2) is 29.0 Å². The van der Waals surface area contributed by atoms with Crippen LogP contribution in [0.2, 0.25) is 5.02 Å². The number of hydrogen-bond donors (Lipinski definition) is 1. The lowest BCUT2D eigenvalue weighted by Gasteiger charge is -2.49. The number of rotatable bonds is 7. The molecule has 1 heterocycles. The summed E-state index contributed by atoms with van der Waals surface area (Å²) < 4.78 is 5.94. The van der Waals surface area contributed by atoms with E-state index < -0.39 is 5.92 Å². The maximum absolute atomic E-state index is 14.1. The van der Waals surface area contributed by atoms with E-state index in [9.17, 15) is 14.4 Å². The van der Waals surface area contributed by atoms with Crippen molar-refractivity contribution in [2.45, 2.75) is 65.8 Å². The maximum Gasteiger partial charge on any atom is 0.262 e. The van der Waals surface area contributed by atoms with E-state index in [1.807, 2.05) is 36.4 Å². The van der Waals surface area contributed by atoms with Gasteiger partial charge in [0.05, 0.1) is 0 Å². The number of Topliss-reactive ketones (excluding diaryl/α,β-unsaturated/α-hetero) is 2. The fourth-order valence-electron chi connectivity index (χ4n) is 7.00. The maximum atomic E-state index is 14.1. The van der Waals surface area contributed by atoms with Gasteiger partial charge in [-0.25, -0.2) is 0 Å². The molecule has 3 aromatic rings. The number of benzene rings is 3. The lowest BCUT2D eigenvalue weighted by molar-refractivity contribution is -0.120. The molecule has 3 aliphatic rings. The van der Waals surface area contributed by atoms with Crippen LogP contribution in [0, 0.1) is 10.8 Å². The van der Waals surface area contributed by atoms with Gasteiger partial charge in [0.15, 0.2) is 18.2 Å². The van der Waals surface area contributed by atoms with E-state index in [0.717, 1.165) is 46.5 Å². The monoisotopic (exact) mass is 622 g/mol. The Kier molecular flexibility index (Phi) is 8.21. The van der Waals surface area contributed by atoms with Gasteiger partial charge < -0.3 is 15.0 Å². The molecule has 1 amide bonds. The Morgan fingerprint density at radius 2 is 1.42 bits per heavy atom. The van der Waals surface area contributed by atoms with Gasteiger partial charge in [-0.2, -0.15) is 0 Å². The predicted molar refractivity (Wildman–Crippen MR) is 177 cm³/mol. The van der Waals surface area contributed by atoms with Gasteiger partial charge >= 0.3 is 0 Å². The summed E-state index contributed by atoms with van der Waals surface area (Å²) in [4.78, 5) is 43.2. The largest absolute Gasteiger partial charge is 0.484 e. The molecule has 1 aliphatic heterocycles. The van der Waals surface area contributed by atoms with E-state index in [0.29, 0.717) is 35.8 Å². The third-order valence-corrected chi connectivity index (χ3v) is 9.15. The highest BCUT2D eigenvalue weighted by molar-refractivity contribution is 6.30. The van der Waals surface area contributed by atoms with E-state index in [1.54, 1.807) is 30.3 Å². The van der Waals surface area contributed by atoms with Gasteiger partial charge in [-0.1, -0.05) is 81.8 Å². The fraction of sp³-hybridized carbons (Fsp3) is 0.342. The zero-order valence-corrected chi connectivity index (χ0v) is 27.0. The third kappa shape index (κ3) is 6.62. The van der Waals surface area contributed by atoms with Crippen molar-refractivity contribution in [3.8, 4) is 5.75 Å². The Hall–Kier alpha value is -4.16. The lowest BCUT2D eigenvalue weighted by atomic mass is 9.63. The number of nitrogens with one attached hydrogen (secondary N) is 1. The third-order valence-electron chi connectivity index (χ3n) is 8.89. The number of anilines is 1. The summed E-state index contributed by atoms with van der Waals surface area (Å²) in [6.07, 6.45) is 2.32. The van der Waals surface area contributed by atoms with E-state index >= 15 is 0 Å². The Bertz CT molecular complexity index is 1670. The van der Waals surface area contributed by atoms with Crippen LogP contribution in [0.1, 0.15) is 70.4 Å². The smallest absolute Gasteiger partial charge is 0.262 e. The zero-order chi connectivity index (χ0) is 31.9. The molecule has 45 heavy (non-hydrogen) atoms. The number of allylic oxidation sites excluding steroid dienone is 4. The van der Waals surface area contributed by atoms with Crippen molar-refractivity contribution in [1.82, 2.24) is 4.90 Å². The first-order valence-electron chi connectivity index (χ1n) is 15.5. The molecule has 0 radical (unpaired) electrons. The average molecular weight is 623 g/mol. The summed E-state index contributed by atoms with van der Waals surface area (Å²) in [5, 5.41) is 3.40. The van der Waals surface area contributed by atoms with Crippen LogP contribution < -0.4 is 10.1 Å². The van der Waals surface area contributed by atoms with Gasteiger partial charge in [0.1, 0.15) is 5.75 Å². The average Bonchev–Trinajstić information content (AvgIpc) is 2.97. The standard InChI is InChI=1S/C38H39ClN2O4/c1-37(2)18-29-35(31(42)20-37)34(25-11-8-12-28(17-25)45-23-33(44)40-27-15-13-26(39)14-16-27)36-30(19-38(3,4)21-32(36)43)41(29)22-24-9-6-5-7-10-24/h5-17,34H,18-23H2,1-4H3,(H,40,44). The van der Waals surface area contributed by atoms with Gasteiger partial charge in [-0.3, -0.25) is 14.4 Å². The molecular formula is C38H39ClN2O4. The minimum atomic E-state index is -0.485. The molecule has 0 spiro atoms. The highest BCUT2D eigenvalue weighted by Gasteiger charge is 2.49. The van der Waals surface area contributed by atoms with E-state index in [-0.39, 0.29) is 34.9 Å². The number of carbonyl (C=O) groups is 3. The second kappa shape index (κ2) is 12.0. The quantitative estimate of drug-likeness (QED) is 0.287. The van der Waals surface area contributed by atoms with E-state index in [1.165, 1.54) is 0 Å². The highest BCUT2D eigenvalue weighted by atomic mass is 35.5. The highest BCUT2D eigenvalue weighted by Crippen LogP contribution is 2.55. The van der Waals surface area contributed by atoms with Crippen molar-refractivity contribution >= 4 is 34.8 Å². The molecule has 6 nitrogen and oxygen atoms in total. The van der Waals surface area contributed by atoms with Crippen LogP contribution in [0.4, 0.5) is 5.69 Å². The number of ketones is 2. The second-order valence-electron chi connectivity index (χ2n) is 14.0. The van der Waals surface area contributed by atoms with Crippen LogP contribution in [0.5, 0.6) is 5.75 Å². The summed E-state index contributed by atoms with van der Waals surface area (Å²) in [5.74, 6) is -0.117. The van der Waals surface area contributed by atoms with Crippen LogP contribution in [-0.2, 0) is 20.9 Å². The first-order valence-corrected chi connectivity index (χ1v) is 15.9. The molecule has 3 aromatic carbocycles. The molecule has 232 valence electrons. The minimum Gasteiger partial charge on any atom is -0.484 e. The SMILES string of the molecule is CC1(C)CC(=O)C2=C(C1)N(Cc1ccccc1)C1=C(C(=O)CC(C)(C)C1)C2c1cccc(OCC(=O)Nc2ccc(Cl)cc2)c1. The molecule has 0 atom stereocenters. The Balaban J connectivity index is 1.39. The molecule has 0 unspecified atom stereocenters. The molecule has 0 aromatic heterocycles. The molecule has 6 rings (SSSR count). The van der Waals surface area contributed by atoms with E-state index in [4.69, 9.17) is 16.3 Å². The first-order chi connectivity index (χ1) is 21.4. The Labute approximate surface area is 270 Å². The number of hydrogen-bond acceptors (Lipinski definition) is 5. The molecule has 2 aliphatic carbocycles. The number of carbonyl (C=O) groups excluding carboxylic acids is 3. The van der Waals surface area contributed by atoms with Gasteiger partial charge in [-0.05, 0) is 71.2 Å². The predicted octanol–water partition coefficient (Wildman–Crippen LogP) is 8.24. The molecule has 7 heteroatoms. The van der Waals surface area contributed by atoms with Crippen molar-refractivity contribution < 1.29 is 19.1 Å². The summed E-state index contributed by atoms with van der Waals surface area (Å²) in [7, 11) is 0. The number of halogens is 1. The van der Waals surface area contributed by atoms with Gasteiger partial charge in [-0.15, -0.1) is 0 Å². The first kappa shape index (κ1) is 30.8. The molecular weight excluding hydrogens is 584 g/mol. The number of ether oxygens (including phenoxy) is 1. The Morgan fingerprint density at radius 3 is 2.02 bits per heavy atom. The second-order valence-corrected chi connectivity index (χ2v) is 14.5. The topological polar surface area (TPSA) is 75.7 Å². The van der Waals surface area contributed by atoms with Crippen molar-refractivity contribution in [3.63, 3.8) is 0 Å². The summed E-state index contributed by atoms with van der Waals surface area (Å²) >= 11 is 5.96. The van der Waals surface area contributed by atoms with Crippen molar-refractivity contribution in [3.05, 3.63) is 118 Å². The van der Waals surface area contributed by atoms with Crippen LogP contribution in [0.25, 0.3) is 0 Å². The summed E-state index contributed by atoms with van der Waals surface area (Å²) in [6.45, 7) is 9.00. The molecule has 1 N–H and O–H groups in total. The van der Waals surface area contributed by atoms with Crippen LogP contribution in [0.15, 0.2) is 101 Å². The van der Waals surface area contributed by atoms with Crippen LogP contribution in [0.3, 0.4) is 0 Å². The van der Waals surface area contributed by atoms with Gasteiger partial charge in [0, 0.05) is 58.6 Å². The summed E-state index contributed by atoms with van der Waals surface area (Å²) in [5.41, 5.74) is 5.64. The van der Waals surface area contributed by atoms with Gasteiger partial charge in [0.25, 0.3) is 5.91 Å². The summed E-state index contributed by atoms with van der Waals surface area (Å²) in [6, 6.07) is 24.6. The number of amides is 1.